The van der Waals surface area contributed by atoms with Crippen LogP contribution in [0.1, 0.15) is 26.3 Å². The predicted molar refractivity (Wildman–Crippen MR) is 59.1 cm³/mol. The summed E-state index contributed by atoms with van der Waals surface area (Å²) in [6, 6.07) is 10.1. The van der Waals surface area contributed by atoms with E-state index in [0.29, 0.717) is 6.54 Å². The van der Waals surface area contributed by atoms with E-state index in [1.54, 1.807) is 0 Å². The van der Waals surface area contributed by atoms with E-state index in [0.717, 1.165) is 5.56 Å². The van der Waals surface area contributed by atoms with Gasteiger partial charge < -0.3 is 10.5 Å². The molecule has 0 bridgehead atoms. The lowest BCUT2D eigenvalue weighted by atomic mass is 9.96. The summed E-state index contributed by atoms with van der Waals surface area (Å²) in [6.45, 7) is 6.57. The molecule has 1 atom stereocenters. The van der Waals surface area contributed by atoms with Crippen LogP contribution in [0.2, 0.25) is 0 Å². The Kier molecular flexibility index (Phi) is 3.67. The zero-order chi connectivity index (χ0) is 10.6. The van der Waals surface area contributed by atoms with Crippen molar-refractivity contribution in [2.24, 2.45) is 5.73 Å². The van der Waals surface area contributed by atoms with Crippen molar-refractivity contribution >= 4 is 0 Å². The number of hydrogen-bond donors (Lipinski definition) is 1. The Morgan fingerprint density at radius 3 is 2.29 bits per heavy atom. The van der Waals surface area contributed by atoms with E-state index in [-0.39, 0.29) is 11.7 Å². The molecule has 2 heteroatoms. The average Bonchev–Trinajstić information content (AvgIpc) is 2.18. The summed E-state index contributed by atoms with van der Waals surface area (Å²) in [5, 5.41) is 0. The summed E-state index contributed by atoms with van der Waals surface area (Å²) in [7, 11) is 0. The predicted octanol–water partition coefficient (Wildman–Crippen LogP) is 2.29. The lowest BCUT2D eigenvalue weighted by Gasteiger charge is -2.31. The SMILES string of the molecule is CC(C)OC(C)(CN)c1ccccc1. The van der Waals surface area contributed by atoms with Crippen molar-refractivity contribution < 1.29 is 4.74 Å². The summed E-state index contributed by atoms with van der Waals surface area (Å²) in [5.41, 5.74) is 6.53. The van der Waals surface area contributed by atoms with Crippen molar-refractivity contribution in [2.45, 2.75) is 32.5 Å². The molecular formula is C12H19NO. The fraction of sp³-hybridized carbons (Fsp3) is 0.500. The van der Waals surface area contributed by atoms with E-state index in [1.165, 1.54) is 0 Å². The molecule has 0 radical (unpaired) electrons. The minimum absolute atomic E-state index is 0.184. The number of benzene rings is 1. The molecule has 2 nitrogen and oxygen atoms in total. The van der Waals surface area contributed by atoms with Crippen molar-refractivity contribution in [1.29, 1.82) is 0 Å². The highest BCUT2D eigenvalue weighted by molar-refractivity contribution is 5.22. The number of ether oxygens (including phenoxy) is 1. The quantitative estimate of drug-likeness (QED) is 0.796. The lowest BCUT2D eigenvalue weighted by Crippen LogP contribution is -2.36. The van der Waals surface area contributed by atoms with Gasteiger partial charge in [0.2, 0.25) is 0 Å². The topological polar surface area (TPSA) is 35.2 Å². The fourth-order valence-corrected chi connectivity index (χ4v) is 1.54. The molecule has 1 rings (SSSR count). The molecule has 0 saturated carbocycles. The average molecular weight is 193 g/mol. The highest BCUT2D eigenvalue weighted by Crippen LogP contribution is 2.25. The molecule has 2 N–H and O–H groups in total. The van der Waals surface area contributed by atoms with Crippen molar-refractivity contribution in [3.8, 4) is 0 Å². The van der Waals surface area contributed by atoms with Gasteiger partial charge in [-0.3, -0.25) is 0 Å². The van der Waals surface area contributed by atoms with Crippen LogP contribution >= 0.6 is 0 Å². The molecule has 14 heavy (non-hydrogen) atoms. The lowest BCUT2D eigenvalue weighted by molar-refractivity contribution is -0.0665. The van der Waals surface area contributed by atoms with Crippen LogP contribution in [0.25, 0.3) is 0 Å². The maximum absolute atomic E-state index is 5.85. The highest BCUT2D eigenvalue weighted by Gasteiger charge is 2.26. The van der Waals surface area contributed by atoms with Crippen LogP contribution in [0, 0.1) is 0 Å². The maximum atomic E-state index is 5.85. The number of hydrogen-bond acceptors (Lipinski definition) is 2. The second-order valence-electron chi connectivity index (χ2n) is 3.97. The summed E-state index contributed by atoms with van der Waals surface area (Å²) in [6.07, 6.45) is 0.184. The first kappa shape index (κ1) is 11.2. The first-order chi connectivity index (χ1) is 6.58. The van der Waals surface area contributed by atoms with E-state index in [1.807, 2.05) is 39.0 Å². The molecule has 1 unspecified atom stereocenters. The summed E-state index contributed by atoms with van der Waals surface area (Å²) in [5.74, 6) is 0. The minimum atomic E-state index is -0.366. The van der Waals surface area contributed by atoms with Gasteiger partial charge in [0, 0.05) is 6.54 Å². The molecule has 1 aromatic rings. The van der Waals surface area contributed by atoms with Crippen LogP contribution in [-0.4, -0.2) is 12.6 Å². The van der Waals surface area contributed by atoms with Crippen LogP contribution in [0.15, 0.2) is 30.3 Å². The molecule has 1 aromatic carbocycles. The molecule has 78 valence electrons. The summed E-state index contributed by atoms with van der Waals surface area (Å²) in [4.78, 5) is 0. The third kappa shape index (κ3) is 2.56. The van der Waals surface area contributed by atoms with Gasteiger partial charge in [-0.25, -0.2) is 0 Å². The van der Waals surface area contributed by atoms with Gasteiger partial charge in [-0.05, 0) is 26.3 Å². The number of nitrogens with two attached hydrogens (primary N) is 1. The van der Waals surface area contributed by atoms with Crippen LogP contribution in [-0.2, 0) is 10.3 Å². The molecule has 0 amide bonds. The Morgan fingerprint density at radius 2 is 1.86 bits per heavy atom. The Labute approximate surface area is 86.1 Å². The van der Waals surface area contributed by atoms with Gasteiger partial charge in [0.15, 0.2) is 0 Å². The number of rotatable bonds is 4. The maximum Gasteiger partial charge on any atom is 0.103 e. The van der Waals surface area contributed by atoms with E-state index in [2.05, 4.69) is 12.1 Å². The third-order valence-electron chi connectivity index (χ3n) is 2.27. The minimum Gasteiger partial charge on any atom is -0.367 e. The van der Waals surface area contributed by atoms with Crippen molar-refractivity contribution in [3.05, 3.63) is 35.9 Å². The summed E-state index contributed by atoms with van der Waals surface area (Å²) < 4.78 is 5.85. The van der Waals surface area contributed by atoms with Crippen LogP contribution in [0.4, 0.5) is 0 Å². The van der Waals surface area contributed by atoms with Crippen LogP contribution in [0.3, 0.4) is 0 Å². The largest absolute Gasteiger partial charge is 0.367 e. The van der Waals surface area contributed by atoms with Gasteiger partial charge in [0.25, 0.3) is 0 Å². The van der Waals surface area contributed by atoms with Gasteiger partial charge in [0.05, 0.1) is 6.10 Å². The van der Waals surface area contributed by atoms with Crippen molar-refractivity contribution in [3.63, 3.8) is 0 Å². The third-order valence-corrected chi connectivity index (χ3v) is 2.27. The fourth-order valence-electron chi connectivity index (χ4n) is 1.54. The smallest absolute Gasteiger partial charge is 0.103 e. The van der Waals surface area contributed by atoms with E-state index >= 15 is 0 Å². The van der Waals surface area contributed by atoms with Crippen molar-refractivity contribution in [1.82, 2.24) is 0 Å². The second kappa shape index (κ2) is 4.58. The normalized spacial score (nSPS) is 15.5. The molecule has 0 aliphatic heterocycles. The van der Waals surface area contributed by atoms with Gasteiger partial charge in [0.1, 0.15) is 5.60 Å². The molecular weight excluding hydrogens is 174 g/mol. The van der Waals surface area contributed by atoms with Crippen LogP contribution in [0.5, 0.6) is 0 Å². The van der Waals surface area contributed by atoms with Crippen molar-refractivity contribution in [2.75, 3.05) is 6.54 Å². The van der Waals surface area contributed by atoms with E-state index in [9.17, 15) is 0 Å². The van der Waals surface area contributed by atoms with Gasteiger partial charge in [-0.2, -0.15) is 0 Å². The standard InChI is InChI=1S/C12H19NO/c1-10(2)14-12(3,9-13)11-7-5-4-6-8-11/h4-8,10H,9,13H2,1-3H3. The Bertz CT molecular complexity index is 271. The molecule has 0 fully saturated rings. The Balaban J connectivity index is 2.90. The monoisotopic (exact) mass is 193 g/mol. The van der Waals surface area contributed by atoms with Gasteiger partial charge in [-0.15, -0.1) is 0 Å². The highest BCUT2D eigenvalue weighted by atomic mass is 16.5. The summed E-state index contributed by atoms with van der Waals surface area (Å²) >= 11 is 0. The Morgan fingerprint density at radius 1 is 1.29 bits per heavy atom. The molecule has 0 spiro atoms. The van der Waals surface area contributed by atoms with Gasteiger partial charge in [-0.1, -0.05) is 30.3 Å². The zero-order valence-electron chi connectivity index (χ0n) is 9.16. The molecule has 0 aromatic heterocycles. The zero-order valence-corrected chi connectivity index (χ0v) is 9.16. The van der Waals surface area contributed by atoms with Gasteiger partial charge >= 0.3 is 0 Å². The first-order valence-electron chi connectivity index (χ1n) is 5.02. The molecule has 0 saturated heterocycles. The Hall–Kier alpha value is -0.860. The second-order valence-corrected chi connectivity index (χ2v) is 3.97. The van der Waals surface area contributed by atoms with Crippen LogP contribution < -0.4 is 5.73 Å². The first-order valence-corrected chi connectivity index (χ1v) is 5.02. The molecule has 0 aliphatic carbocycles. The molecule has 0 aliphatic rings. The van der Waals surface area contributed by atoms with E-state index < -0.39 is 0 Å². The molecule has 0 heterocycles. The van der Waals surface area contributed by atoms with E-state index in [4.69, 9.17) is 10.5 Å².